The van der Waals surface area contributed by atoms with Crippen molar-refractivity contribution in [3.63, 3.8) is 0 Å². The minimum absolute atomic E-state index is 0.0111. The van der Waals surface area contributed by atoms with Gasteiger partial charge in [0.15, 0.2) is 0 Å². The van der Waals surface area contributed by atoms with Crippen LogP contribution in [0.5, 0.6) is 0 Å². The van der Waals surface area contributed by atoms with Crippen LogP contribution < -0.4 is 11.1 Å². The average Bonchev–Trinajstić information content (AvgIpc) is 2.38. The lowest BCUT2D eigenvalue weighted by atomic mass is 10.0. The number of hydrogen-bond donors (Lipinski definition) is 2. The summed E-state index contributed by atoms with van der Waals surface area (Å²) in [6.07, 6.45) is 1.41. The maximum atomic E-state index is 11.7. The van der Waals surface area contributed by atoms with Gasteiger partial charge in [-0.3, -0.25) is 4.79 Å². The second kappa shape index (κ2) is 8.02. The second-order valence-corrected chi connectivity index (χ2v) is 5.56. The molecule has 0 fully saturated rings. The number of nitrogens with two attached hydrogens (primary N) is 1. The van der Waals surface area contributed by atoms with Crippen LogP contribution in [0.25, 0.3) is 0 Å². The molecule has 0 saturated heterocycles. The van der Waals surface area contributed by atoms with Crippen LogP contribution in [0.2, 0.25) is 0 Å². The van der Waals surface area contributed by atoms with E-state index in [1.54, 1.807) is 0 Å². The summed E-state index contributed by atoms with van der Waals surface area (Å²) in [5, 5.41) is 2.96. The Kier molecular flexibility index (Phi) is 6.68. The summed E-state index contributed by atoms with van der Waals surface area (Å²) in [4.78, 5) is 13.8. The van der Waals surface area contributed by atoms with Gasteiger partial charge >= 0.3 is 0 Å². The number of rotatable bonds is 7. The molecule has 4 heteroatoms. The van der Waals surface area contributed by atoms with Crippen LogP contribution in [-0.4, -0.2) is 37.5 Å². The number of nitrogens with zero attached hydrogens (tertiary/aromatic N) is 1. The number of likely N-dealkylation sites (N-methyl/N-ethyl adjacent to an activating group) is 1. The molecule has 0 saturated carbocycles. The van der Waals surface area contributed by atoms with Gasteiger partial charge in [0.25, 0.3) is 0 Å². The van der Waals surface area contributed by atoms with Gasteiger partial charge in [-0.2, -0.15) is 0 Å². The van der Waals surface area contributed by atoms with Crippen LogP contribution in [-0.2, 0) is 11.2 Å². The first-order valence-electron chi connectivity index (χ1n) is 7.21. The highest BCUT2D eigenvalue weighted by molar-refractivity contribution is 5.76. The Bertz CT molecular complexity index is 412. The van der Waals surface area contributed by atoms with Gasteiger partial charge in [-0.15, -0.1) is 0 Å². The summed E-state index contributed by atoms with van der Waals surface area (Å²) >= 11 is 0. The molecule has 1 rings (SSSR count). The van der Waals surface area contributed by atoms with Crippen LogP contribution in [0, 0.1) is 0 Å². The SMILES string of the molecule is CCc1ccc(C(CNC(=O)CC(C)N)N(C)C)cc1. The van der Waals surface area contributed by atoms with E-state index in [2.05, 4.69) is 41.4 Å². The zero-order chi connectivity index (χ0) is 15.1. The lowest BCUT2D eigenvalue weighted by molar-refractivity contribution is -0.121. The van der Waals surface area contributed by atoms with Crippen molar-refractivity contribution in [2.45, 2.75) is 38.8 Å². The molecule has 0 spiro atoms. The largest absolute Gasteiger partial charge is 0.354 e. The van der Waals surface area contributed by atoms with E-state index in [1.807, 2.05) is 21.0 Å². The molecular weight excluding hydrogens is 250 g/mol. The predicted octanol–water partition coefficient (Wildman–Crippen LogP) is 1.71. The van der Waals surface area contributed by atoms with Gasteiger partial charge in [0.2, 0.25) is 5.91 Å². The molecule has 0 aliphatic heterocycles. The lowest BCUT2D eigenvalue weighted by Gasteiger charge is -2.25. The van der Waals surface area contributed by atoms with Crippen molar-refractivity contribution >= 4 is 5.91 Å². The first-order valence-corrected chi connectivity index (χ1v) is 7.21. The van der Waals surface area contributed by atoms with E-state index >= 15 is 0 Å². The van der Waals surface area contributed by atoms with Crippen molar-refractivity contribution in [3.05, 3.63) is 35.4 Å². The molecule has 2 atom stereocenters. The number of nitrogens with one attached hydrogen (secondary N) is 1. The van der Waals surface area contributed by atoms with Crippen LogP contribution in [0.1, 0.15) is 37.4 Å². The minimum atomic E-state index is -0.100. The molecule has 2 unspecified atom stereocenters. The molecule has 1 aromatic carbocycles. The van der Waals surface area contributed by atoms with Crippen LogP contribution in [0.4, 0.5) is 0 Å². The fourth-order valence-electron chi connectivity index (χ4n) is 2.15. The van der Waals surface area contributed by atoms with E-state index in [9.17, 15) is 4.79 Å². The lowest BCUT2D eigenvalue weighted by Crippen LogP contribution is -2.36. The molecule has 0 bridgehead atoms. The van der Waals surface area contributed by atoms with Gasteiger partial charge in [-0.25, -0.2) is 0 Å². The number of aryl methyl sites for hydroxylation is 1. The average molecular weight is 277 g/mol. The van der Waals surface area contributed by atoms with E-state index in [0.29, 0.717) is 13.0 Å². The van der Waals surface area contributed by atoms with Crippen LogP contribution in [0.3, 0.4) is 0 Å². The highest BCUT2D eigenvalue weighted by Crippen LogP contribution is 2.18. The summed E-state index contributed by atoms with van der Waals surface area (Å²) in [5.74, 6) is 0.0111. The van der Waals surface area contributed by atoms with Crippen LogP contribution >= 0.6 is 0 Å². The third-order valence-electron chi connectivity index (χ3n) is 3.40. The van der Waals surface area contributed by atoms with E-state index in [4.69, 9.17) is 5.73 Å². The molecule has 0 heterocycles. The van der Waals surface area contributed by atoms with Crippen molar-refractivity contribution in [2.75, 3.05) is 20.6 Å². The number of benzene rings is 1. The molecule has 112 valence electrons. The summed E-state index contributed by atoms with van der Waals surface area (Å²) in [6.45, 7) is 4.59. The molecule has 1 amide bonds. The Morgan fingerprint density at radius 1 is 1.30 bits per heavy atom. The Morgan fingerprint density at radius 3 is 2.35 bits per heavy atom. The normalized spacial score (nSPS) is 14.1. The topological polar surface area (TPSA) is 58.4 Å². The summed E-state index contributed by atoms with van der Waals surface area (Å²) < 4.78 is 0. The monoisotopic (exact) mass is 277 g/mol. The summed E-state index contributed by atoms with van der Waals surface area (Å²) in [5.41, 5.74) is 8.17. The fourth-order valence-corrected chi connectivity index (χ4v) is 2.15. The predicted molar refractivity (Wildman–Crippen MR) is 83.5 cm³/mol. The Hall–Kier alpha value is -1.39. The Morgan fingerprint density at radius 2 is 1.90 bits per heavy atom. The highest BCUT2D eigenvalue weighted by atomic mass is 16.1. The molecule has 0 radical (unpaired) electrons. The van der Waals surface area contributed by atoms with Gasteiger partial charge in [-0.05, 0) is 38.6 Å². The number of amides is 1. The molecule has 3 N–H and O–H groups in total. The van der Waals surface area contributed by atoms with Gasteiger partial charge in [0, 0.05) is 19.0 Å². The summed E-state index contributed by atoms with van der Waals surface area (Å²) in [6, 6.07) is 8.66. The van der Waals surface area contributed by atoms with Crippen molar-refractivity contribution < 1.29 is 4.79 Å². The van der Waals surface area contributed by atoms with Gasteiger partial charge < -0.3 is 16.0 Å². The fraction of sp³-hybridized carbons (Fsp3) is 0.562. The second-order valence-electron chi connectivity index (χ2n) is 5.56. The smallest absolute Gasteiger partial charge is 0.221 e. The zero-order valence-corrected chi connectivity index (χ0v) is 13.0. The van der Waals surface area contributed by atoms with Gasteiger partial charge in [0.1, 0.15) is 0 Å². The molecule has 4 nitrogen and oxygen atoms in total. The highest BCUT2D eigenvalue weighted by Gasteiger charge is 2.15. The Balaban J connectivity index is 2.66. The molecule has 20 heavy (non-hydrogen) atoms. The van der Waals surface area contributed by atoms with Crippen molar-refractivity contribution in [1.29, 1.82) is 0 Å². The van der Waals surface area contributed by atoms with E-state index in [-0.39, 0.29) is 18.0 Å². The minimum Gasteiger partial charge on any atom is -0.354 e. The first-order chi connectivity index (χ1) is 9.43. The van der Waals surface area contributed by atoms with E-state index < -0.39 is 0 Å². The maximum absolute atomic E-state index is 11.7. The Labute approximate surface area is 122 Å². The number of hydrogen-bond acceptors (Lipinski definition) is 3. The molecule has 0 aliphatic rings. The van der Waals surface area contributed by atoms with Crippen LogP contribution in [0.15, 0.2) is 24.3 Å². The third kappa shape index (κ3) is 5.31. The van der Waals surface area contributed by atoms with E-state index in [0.717, 1.165) is 6.42 Å². The quantitative estimate of drug-likeness (QED) is 0.797. The van der Waals surface area contributed by atoms with Crippen molar-refractivity contribution in [3.8, 4) is 0 Å². The molecule has 0 aromatic heterocycles. The molecule has 1 aromatic rings. The standard InChI is InChI=1S/C16H27N3O/c1-5-13-6-8-14(9-7-13)15(19(3)4)11-18-16(20)10-12(2)17/h6-9,12,15H,5,10-11,17H2,1-4H3,(H,18,20). The number of carbonyl (C=O) groups is 1. The van der Waals surface area contributed by atoms with Gasteiger partial charge in [-0.1, -0.05) is 31.2 Å². The molecule has 0 aliphatic carbocycles. The summed E-state index contributed by atoms with van der Waals surface area (Å²) in [7, 11) is 4.05. The van der Waals surface area contributed by atoms with Crippen molar-refractivity contribution in [1.82, 2.24) is 10.2 Å². The number of carbonyl (C=O) groups excluding carboxylic acids is 1. The van der Waals surface area contributed by atoms with Gasteiger partial charge in [0.05, 0.1) is 6.04 Å². The van der Waals surface area contributed by atoms with Crippen molar-refractivity contribution in [2.24, 2.45) is 5.73 Å². The molecular formula is C16H27N3O. The third-order valence-corrected chi connectivity index (χ3v) is 3.40. The first kappa shape index (κ1) is 16.7. The maximum Gasteiger partial charge on any atom is 0.221 e. The van der Waals surface area contributed by atoms with E-state index in [1.165, 1.54) is 11.1 Å². The zero-order valence-electron chi connectivity index (χ0n) is 13.0.